The van der Waals surface area contributed by atoms with Crippen LogP contribution >= 0.6 is 0 Å². The minimum absolute atomic E-state index is 0.113. The first kappa shape index (κ1) is 14.9. The van der Waals surface area contributed by atoms with Gasteiger partial charge in [-0.3, -0.25) is 0 Å². The van der Waals surface area contributed by atoms with Crippen LogP contribution in [0.1, 0.15) is 36.9 Å². The second kappa shape index (κ2) is 6.41. The maximum Gasteiger partial charge on any atom is 0.228 e. The van der Waals surface area contributed by atoms with Crippen LogP contribution in [0.15, 0.2) is 4.52 Å². The third kappa shape index (κ3) is 4.02. The molecule has 0 bridgehead atoms. The highest BCUT2D eigenvalue weighted by Gasteiger charge is 2.32. The molecule has 118 valence electrons. The highest BCUT2D eigenvalue weighted by atomic mass is 32.2. The van der Waals surface area contributed by atoms with Gasteiger partial charge in [0.2, 0.25) is 5.89 Å². The van der Waals surface area contributed by atoms with Gasteiger partial charge >= 0.3 is 0 Å². The minimum atomic E-state index is -2.92. The van der Waals surface area contributed by atoms with Crippen molar-refractivity contribution in [1.29, 1.82) is 0 Å². The second-order valence-electron chi connectivity index (χ2n) is 5.72. The maximum atomic E-state index is 11.5. The van der Waals surface area contributed by atoms with Crippen LogP contribution in [-0.2, 0) is 21.0 Å². The molecule has 1 atom stereocenters. The number of hydrogen-bond acceptors (Lipinski definition) is 7. The number of hydrogen-bond donors (Lipinski definition) is 1. The van der Waals surface area contributed by atoms with Crippen molar-refractivity contribution in [3.63, 3.8) is 0 Å². The van der Waals surface area contributed by atoms with E-state index in [2.05, 4.69) is 15.5 Å². The number of piperidine rings is 1. The third-order valence-electron chi connectivity index (χ3n) is 4.04. The van der Waals surface area contributed by atoms with Crippen LogP contribution < -0.4 is 5.32 Å². The van der Waals surface area contributed by atoms with E-state index in [0.717, 1.165) is 25.9 Å². The van der Waals surface area contributed by atoms with Gasteiger partial charge in [0.15, 0.2) is 15.7 Å². The predicted molar refractivity (Wildman–Crippen MR) is 75.9 cm³/mol. The summed E-state index contributed by atoms with van der Waals surface area (Å²) < 4.78 is 33.9. The minimum Gasteiger partial charge on any atom is -0.378 e. The summed E-state index contributed by atoms with van der Waals surface area (Å²) in [5.74, 6) is 1.30. The number of ether oxygens (including phenoxy) is 1. The zero-order valence-electron chi connectivity index (χ0n) is 12.0. The summed E-state index contributed by atoms with van der Waals surface area (Å²) in [6, 6.07) is 0. The lowest BCUT2D eigenvalue weighted by atomic mass is 10.1. The molecule has 2 aliphatic heterocycles. The van der Waals surface area contributed by atoms with E-state index >= 15 is 0 Å². The Kier molecular flexibility index (Phi) is 4.56. The number of nitrogens with one attached hydrogen (secondary N) is 1. The van der Waals surface area contributed by atoms with Crippen LogP contribution in [0.4, 0.5) is 0 Å². The highest BCUT2D eigenvalue weighted by Crippen LogP contribution is 2.26. The molecule has 1 N–H and O–H groups in total. The second-order valence-corrected chi connectivity index (χ2v) is 7.95. The van der Waals surface area contributed by atoms with Gasteiger partial charge in [0, 0.05) is 5.92 Å². The number of sulfone groups is 1. The van der Waals surface area contributed by atoms with Gasteiger partial charge in [0.1, 0.15) is 0 Å². The summed E-state index contributed by atoms with van der Waals surface area (Å²) in [5.41, 5.74) is 0. The Morgan fingerprint density at radius 3 is 2.81 bits per heavy atom. The van der Waals surface area contributed by atoms with Crippen LogP contribution in [-0.4, -0.2) is 55.9 Å². The topological polar surface area (TPSA) is 94.3 Å². The summed E-state index contributed by atoms with van der Waals surface area (Å²) >= 11 is 0. The lowest BCUT2D eigenvalue weighted by molar-refractivity contribution is 0.0322. The van der Waals surface area contributed by atoms with Crippen LogP contribution in [0, 0.1) is 0 Å². The van der Waals surface area contributed by atoms with E-state index in [1.807, 2.05) is 0 Å². The number of nitrogens with zero attached hydrogens (tertiary/aromatic N) is 2. The molecule has 0 saturated carbocycles. The van der Waals surface area contributed by atoms with Crippen molar-refractivity contribution in [2.45, 2.75) is 37.7 Å². The first-order valence-electron chi connectivity index (χ1n) is 7.47. The Balaban J connectivity index is 1.47. The van der Waals surface area contributed by atoms with E-state index in [4.69, 9.17) is 9.26 Å². The molecular formula is C13H21N3O4S. The Bertz CT molecular complexity index is 566. The Labute approximate surface area is 124 Å². The van der Waals surface area contributed by atoms with Crippen molar-refractivity contribution < 1.29 is 17.7 Å². The fourth-order valence-corrected chi connectivity index (χ4v) is 4.55. The molecule has 21 heavy (non-hydrogen) atoms. The number of rotatable bonds is 5. The van der Waals surface area contributed by atoms with Gasteiger partial charge in [-0.15, -0.1) is 0 Å². The molecule has 0 radical (unpaired) electrons. The van der Waals surface area contributed by atoms with Crippen LogP contribution in [0.5, 0.6) is 0 Å². The van der Waals surface area contributed by atoms with E-state index in [1.165, 1.54) is 0 Å². The Morgan fingerprint density at radius 1 is 1.29 bits per heavy atom. The van der Waals surface area contributed by atoms with Gasteiger partial charge in [-0.25, -0.2) is 8.42 Å². The summed E-state index contributed by atoms with van der Waals surface area (Å²) in [4.78, 5) is 4.31. The van der Waals surface area contributed by atoms with E-state index in [1.54, 1.807) is 0 Å². The molecule has 2 fully saturated rings. The molecule has 3 heterocycles. The van der Waals surface area contributed by atoms with E-state index in [-0.39, 0.29) is 17.4 Å². The van der Waals surface area contributed by atoms with Crippen molar-refractivity contribution in [3.05, 3.63) is 11.7 Å². The lowest BCUT2D eigenvalue weighted by Crippen LogP contribution is -2.32. The smallest absolute Gasteiger partial charge is 0.228 e. The summed E-state index contributed by atoms with van der Waals surface area (Å²) in [6.07, 6.45) is 3.56. The van der Waals surface area contributed by atoms with Crippen LogP contribution in [0.3, 0.4) is 0 Å². The lowest BCUT2D eigenvalue weighted by Gasteiger charge is -2.22. The highest BCUT2D eigenvalue weighted by molar-refractivity contribution is 7.91. The molecule has 3 rings (SSSR count). The molecule has 1 unspecified atom stereocenters. The molecule has 1 aromatic rings. The van der Waals surface area contributed by atoms with Crippen molar-refractivity contribution in [2.24, 2.45) is 0 Å². The standard InChI is InChI=1S/C13H21N3O4S/c17-21(18)8-4-10(9-21)13-15-12(20-16-13)3-7-19-11-1-5-14-6-2-11/h10-11,14H,1-9H2. The largest absolute Gasteiger partial charge is 0.378 e. The van der Waals surface area contributed by atoms with E-state index in [9.17, 15) is 8.42 Å². The van der Waals surface area contributed by atoms with Crippen molar-refractivity contribution >= 4 is 9.84 Å². The summed E-state index contributed by atoms with van der Waals surface area (Å²) in [7, 11) is -2.92. The fraction of sp³-hybridized carbons (Fsp3) is 0.846. The molecule has 0 amide bonds. The van der Waals surface area contributed by atoms with Crippen molar-refractivity contribution in [1.82, 2.24) is 15.5 Å². The first-order valence-corrected chi connectivity index (χ1v) is 9.30. The normalized spacial score (nSPS) is 26.2. The van der Waals surface area contributed by atoms with Gasteiger partial charge in [-0.2, -0.15) is 4.98 Å². The van der Waals surface area contributed by atoms with E-state index < -0.39 is 9.84 Å². The van der Waals surface area contributed by atoms with Gasteiger partial charge in [-0.1, -0.05) is 5.16 Å². The van der Waals surface area contributed by atoms with Crippen LogP contribution in [0.2, 0.25) is 0 Å². The molecule has 0 aromatic carbocycles. The van der Waals surface area contributed by atoms with Gasteiger partial charge in [0.05, 0.1) is 30.6 Å². The summed E-state index contributed by atoms with van der Waals surface area (Å²) in [6.45, 7) is 2.58. The van der Waals surface area contributed by atoms with Gasteiger partial charge in [0.25, 0.3) is 0 Å². The van der Waals surface area contributed by atoms with E-state index in [0.29, 0.717) is 37.3 Å². The molecular weight excluding hydrogens is 294 g/mol. The molecule has 1 aromatic heterocycles. The number of aromatic nitrogens is 2. The van der Waals surface area contributed by atoms with Crippen LogP contribution in [0.25, 0.3) is 0 Å². The average molecular weight is 315 g/mol. The Morgan fingerprint density at radius 2 is 2.10 bits per heavy atom. The quantitative estimate of drug-likeness (QED) is 0.834. The average Bonchev–Trinajstić information content (AvgIpc) is 3.06. The maximum absolute atomic E-state index is 11.5. The monoisotopic (exact) mass is 315 g/mol. The molecule has 2 aliphatic rings. The third-order valence-corrected chi connectivity index (χ3v) is 5.80. The molecule has 0 aliphatic carbocycles. The fourth-order valence-electron chi connectivity index (χ4n) is 2.81. The molecule has 2 saturated heterocycles. The zero-order chi connectivity index (χ0) is 14.7. The molecule has 0 spiro atoms. The Hall–Kier alpha value is -0.990. The SMILES string of the molecule is O=S1(=O)CCC(c2noc(CCOC3CCNCC3)n2)C1. The van der Waals surface area contributed by atoms with Crippen molar-refractivity contribution in [3.8, 4) is 0 Å². The zero-order valence-corrected chi connectivity index (χ0v) is 12.8. The van der Waals surface area contributed by atoms with Gasteiger partial charge < -0.3 is 14.6 Å². The first-order chi connectivity index (χ1) is 10.1. The van der Waals surface area contributed by atoms with Crippen molar-refractivity contribution in [2.75, 3.05) is 31.2 Å². The molecule has 8 heteroatoms. The van der Waals surface area contributed by atoms with Gasteiger partial charge in [-0.05, 0) is 32.4 Å². The molecule has 7 nitrogen and oxygen atoms in total. The predicted octanol–water partition coefficient (Wildman–Crippen LogP) is 0.283. The summed E-state index contributed by atoms with van der Waals surface area (Å²) in [5, 5.41) is 7.21.